The first-order valence-electron chi connectivity index (χ1n) is 8.29. The molecule has 0 radical (unpaired) electrons. The fraction of sp³-hybridized carbons (Fsp3) is 0.444. The predicted octanol–water partition coefficient (Wildman–Crippen LogP) is 2.13. The van der Waals surface area contributed by atoms with Crippen molar-refractivity contribution in [2.45, 2.75) is 32.2 Å². The zero-order chi connectivity index (χ0) is 16.2. The first-order valence-corrected chi connectivity index (χ1v) is 8.29. The molecule has 2 heterocycles. The molecule has 1 fully saturated rings. The molecule has 1 aromatic heterocycles. The number of benzene rings is 1. The Balaban J connectivity index is 1.68. The van der Waals surface area contributed by atoms with Crippen LogP contribution in [0, 0.1) is 0 Å². The van der Waals surface area contributed by atoms with Crippen LogP contribution in [0.4, 0.5) is 0 Å². The van der Waals surface area contributed by atoms with Gasteiger partial charge in [-0.1, -0.05) is 24.6 Å². The Hall–Kier alpha value is -2.14. The van der Waals surface area contributed by atoms with Crippen LogP contribution < -0.4 is 10.9 Å². The van der Waals surface area contributed by atoms with E-state index in [1.54, 1.807) is 0 Å². The number of piperidine rings is 1. The number of carbonyl (C=O) groups is 1. The molecule has 3 rings (SSSR count). The summed E-state index contributed by atoms with van der Waals surface area (Å²) < 4.78 is 0. The van der Waals surface area contributed by atoms with Crippen LogP contribution in [0.1, 0.15) is 36.5 Å². The maximum atomic E-state index is 12.5. The Bertz CT molecular complexity index is 753. The molecular formula is C18H23N3O2. The Labute approximate surface area is 135 Å². The third-order valence-electron chi connectivity index (χ3n) is 4.62. The quantitative estimate of drug-likeness (QED) is 0.909. The summed E-state index contributed by atoms with van der Waals surface area (Å²) in [6.45, 7) is 4.80. The van der Waals surface area contributed by atoms with Gasteiger partial charge in [0.15, 0.2) is 0 Å². The van der Waals surface area contributed by atoms with E-state index >= 15 is 0 Å². The topological polar surface area (TPSA) is 65.2 Å². The number of carbonyl (C=O) groups excluding carboxylic acids is 1. The third kappa shape index (κ3) is 3.62. The molecule has 0 aliphatic carbocycles. The molecule has 5 nitrogen and oxygen atoms in total. The largest absolute Gasteiger partial charge is 0.351 e. The number of hydrogen-bond acceptors (Lipinski definition) is 3. The number of nitrogens with one attached hydrogen (secondary N) is 2. The van der Waals surface area contributed by atoms with Crippen LogP contribution in [-0.2, 0) is 0 Å². The number of H-pyrrole nitrogens is 1. The van der Waals surface area contributed by atoms with E-state index in [1.165, 1.54) is 25.3 Å². The van der Waals surface area contributed by atoms with Gasteiger partial charge in [0.1, 0.15) is 0 Å². The minimum absolute atomic E-state index is 0.183. The van der Waals surface area contributed by atoms with E-state index in [0.717, 1.165) is 18.5 Å². The number of likely N-dealkylation sites (tertiary alicyclic amines) is 1. The molecule has 0 spiro atoms. The van der Waals surface area contributed by atoms with Gasteiger partial charge in [-0.2, -0.15) is 0 Å². The molecule has 1 unspecified atom stereocenters. The van der Waals surface area contributed by atoms with Crippen molar-refractivity contribution in [2.75, 3.05) is 19.6 Å². The summed E-state index contributed by atoms with van der Waals surface area (Å²) in [5, 5.41) is 3.73. The molecule has 1 aliphatic heterocycles. The first-order chi connectivity index (χ1) is 11.1. The molecule has 0 bridgehead atoms. The summed E-state index contributed by atoms with van der Waals surface area (Å²) in [6, 6.07) is 9.34. The Kier molecular flexibility index (Phi) is 4.76. The van der Waals surface area contributed by atoms with Gasteiger partial charge in [-0.3, -0.25) is 14.5 Å². The fourth-order valence-corrected chi connectivity index (χ4v) is 3.29. The average Bonchev–Trinajstić information content (AvgIpc) is 2.55. The summed E-state index contributed by atoms with van der Waals surface area (Å²) in [4.78, 5) is 29.4. The molecule has 0 saturated carbocycles. The number of aromatic nitrogens is 1. The van der Waals surface area contributed by atoms with Crippen molar-refractivity contribution in [3.05, 3.63) is 46.2 Å². The van der Waals surface area contributed by atoms with E-state index in [1.807, 2.05) is 24.3 Å². The number of para-hydroxylation sites is 1. The predicted molar refractivity (Wildman–Crippen MR) is 91.8 cm³/mol. The summed E-state index contributed by atoms with van der Waals surface area (Å²) >= 11 is 0. The van der Waals surface area contributed by atoms with Crippen molar-refractivity contribution < 1.29 is 4.79 Å². The van der Waals surface area contributed by atoms with E-state index in [4.69, 9.17) is 0 Å². The maximum absolute atomic E-state index is 12.5. The fourth-order valence-electron chi connectivity index (χ4n) is 3.29. The Morgan fingerprint density at radius 2 is 2.17 bits per heavy atom. The maximum Gasteiger partial charge on any atom is 0.252 e. The van der Waals surface area contributed by atoms with Crippen molar-refractivity contribution in [3.63, 3.8) is 0 Å². The monoisotopic (exact) mass is 313 g/mol. The number of pyridine rings is 1. The number of amides is 1. The van der Waals surface area contributed by atoms with E-state index < -0.39 is 0 Å². The van der Waals surface area contributed by atoms with Crippen LogP contribution >= 0.6 is 0 Å². The van der Waals surface area contributed by atoms with Crippen molar-refractivity contribution in [2.24, 2.45) is 0 Å². The van der Waals surface area contributed by atoms with Crippen LogP contribution in [0.2, 0.25) is 0 Å². The molecule has 1 atom stereocenters. The zero-order valence-corrected chi connectivity index (χ0v) is 13.5. The lowest BCUT2D eigenvalue weighted by molar-refractivity contribution is 0.0940. The minimum Gasteiger partial charge on any atom is -0.351 e. The number of fused-ring (bicyclic) bond motifs is 1. The average molecular weight is 313 g/mol. The summed E-state index contributed by atoms with van der Waals surface area (Å²) in [6.07, 6.45) is 3.76. The summed E-state index contributed by atoms with van der Waals surface area (Å²) in [5.41, 5.74) is 0.879. The van der Waals surface area contributed by atoms with E-state index in [0.29, 0.717) is 23.7 Å². The molecule has 5 heteroatoms. The van der Waals surface area contributed by atoms with E-state index in [-0.39, 0.29) is 11.5 Å². The van der Waals surface area contributed by atoms with Crippen molar-refractivity contribution in [1.82, 2.24) is 15.2 Å². The lowest BCUT2D eigenvalue weighted by atomic mass is 10.0. The van der Waals surface area contributed by atoms with Gasteiger partial charge in [0.25, 0.3) is 5.91 Å². The zero-order valence-electron chi connectivity index (χ0n) is 13.5. The van der Waals surface area contributed by atoms with Gasteiger partial charge < -0.3 is 10.3 Å². The molecule has 23 heavy (non-hydrogen) atoms. The van der Waals surface area contributed by atoms with Gasteiger partial charge in [0, 0.05) is 36.1 Å². The van der Waals surface area contributed by atoms with Gasteiger partial charge in [0.05, 0.1) is 5.56 Å². The molecule has 1 aliphatic rings. The molecule has 2 aromatic rings. The standard InChI is InChI=1S/C18H23N3O2/c1-13-6-4-5-10-21(13)11-9-19-18(23)15-12-17(22)20-16-8-3-2-7-14(15)16/h2-3,7-8,12-13H,4-6,9-11H2,1H3,(H,19,23)(H,20,22). The van der Waals surface area contributed by atoms with Crippen molar-refractivity contribution in [1.29, 1.82) is 0 Å². The second-order valence-electron chi connectivity index (χ2n) is 6.23. The molecule has 1 saturated heterocycles. The minimum atomic E-state index is -0.251. The second kappa shape index (κ2) is 6.96. The van der Waals surface area contributed by atoms with Crippen LogP contribution in [0.5, 0.6) is 0 Å². The van der Waals surface area contributed by atoms with Crippen molar-refractivity contribution in [3.8, 4) is 0 Å². The third-order valence-corrected chi connectivity index (χ3v) is 4.62. The summed E-state index contributed by atoms with van der Waals surface area (Å²) in [7, 11) is 0. The SMILES string of the molecule is CC1CCCCN1CCNC(=O)c1cc(=O)[nH]c2ccccc12. The van der Waals surface area contributed by atoms with Gasteiger partial charge in [0.2, 0.25) is 5.56 Å². The van der Waals surface area contributed by atoms with Gasteiger partial charge in [-0.15, -0.1) is 0 Å². The van der Waals surface area contributed by atoms with E-state index in [2.05, 4.69) is 22.1 Å². The molecule has 2 N–H and O–H groups in total. The van der Waals surface area contributed by atoms with Gasteiger partial charge >= 0.3 is 0 Å². The first kappa shape index (κ1) is 15.7. The van der Waals surface area contributed by atoms with Gasteiger partial charge in [-0.05, 0) is 32.4 Å². The number of hydrogen-bond donors (Lipinski definition) is 2. The highest BCUT2D eigenvalue weighted by atomic mass is 16.2. The van der Waals surface area contributed by atoms with Crippen LogP contribution in [0.3, 0.4) is 0 Å². The lowest BCUT2D eigenvalue weighted by Crippen LogP contribution is -2.42. The molecular weight excluding hydrogens is 290 g/mol. The second-order valence-corrected chi connectivity index (χ2v) is 6.23. The molecule has 1 amide bonds. The lowest BCUT2D eigenvalue weighted by Gasteiger charge is -2.33. The van der Waals surface area contributed by atoms with Crippen LogP contribution in [0.25, 0.3) is 10.9 Å². The number of aromatic amines is 1. The molecule has 122 valence electrons. The van der Waals surface area contributed by atoms with Crippen molar-refractivity contribution >= 4 is 16.8 Å². The summed E-state index contributed by atoms with van der Waals surface area (Å²) in [5.74, 6) is -0.183. The number of rotatable bonds is 4. The van der Waals surface area contributed by atoms with Gasteiger partial charge in [-0.25, -0.2) is 0 Å². The van der Waals surface area contributed by atoms with Crippen LogP contribution in [-0.4, -0.2) is 41.5 Å². The Morgan fingerprint density at radius 1 is 1.35 bits per heavy atom. The van der Waals surface area contributed by atoms with E-state index in [9.17, 15) is 9.59 Å². The molecule has 1 aromatic carbocycles. The smallest absolute Gasteiger partial charge is 0.252 e. The van der Waals surface area contributed by atoms with Crippen LogP contribution in [0.15, 0.2) is 35.1 Å². The highest BCUT2D eigenvalue weighted by Gasteiger charge is 2.18. The normalized spacial score (nSPS) is 18.9. The highest BCUT2D eigenvalue weighted by molar-refractivity contribution is 6.05. The highest BCUT2D eigenvalue weighted by Crippen LogP contribution is 2.16. The number of nitrogens with zero attached hydrogens (tertiary/aromatic N) is 1. The Morgan fingerprint density at radius 3 is 3.00 bits per heavy atom.